The number of furan rings is 1. The molecule has 0 unspecified atom stereocenters. The lowest BCUT2D eigenvalue weighted by Gasteiger charge is -2.05. The third kappa shape index (κ3) is 2.50. The maximum atomic E-state index is 5.48. The molecule has 0 aliphatic rings. The summed E-state index contributed by atoms with van der Waals surface area (Å²) < 4.78 is 20.5. The number of methoxy groups -OCH3 is 2. The van der Waals surface area contributed by atoms with Crippen molar-refractivity contribution in [3.05, 3.63) is 36.4 Å². The summed E-state index contributed by atoms with van der Waals surface area (Å²) in [5.74, 6) is 1.00. The zero-order chi connectivity index (χ0) is 12.1. The lowest BCUT2D eigenvalue weighted by molar-refractivity contribution is 0.270. The summed E-state index contributed by atoms with van der Waals surface area (Å²) >= 11 is 0. The van der Waals surface area contributed by atoms with Crippen LogP contribution in [0, 0.1) is 6.26 Å². The van der Waals surface area contributed by atoms with E-state index >= 15 is 0 Å². The molecule has 0 aliphatic heterocycles. The monoisotopic (exact) mass is 234 g/mol. The SMILES string of the molecule is COc1o[c]c(OCc2ccccn2)c1OC. The molecule has 0 atom stereocenters. The van der Waals surface area contributed by atoms with E-state index in [0.29, 0.717) is 18.1 Å². The van der Waals surface area contributed by atoms with Crippen molar-refractivity contribution in [1.82, 2.24) is 4.98 Å². The van der Waals surface area contributed by atoms with Crippen LogP contribution in [0.1, 0.15) is 5.69 Å². The minimum absolute atomic E-state index is 0.239. The topological polar surface area (TPSA) is 53.7 Å². The average Bonchev–Trinajstić information content (AvgIpc) is 2.79. The molecule has 0 saturated heterocycles. The van der Waals surface area contributed by atoms with Gasteiger partial charge in [-0.1, -0.05) is 6.07 Å². The smallest absolute Gasteiger partial charge is 0.333 e. The number of pyridine rings is 1. The number of ether oxygens (including phenoxy) is 3. The number of nitrogens with zero attached hydrogens (tertiary/aromatic N) is 1. The Morgan fingerprint density at radius 2 is 2.18 bits per heavy atom. The number of hydrogen-bond acceptors (Lipinski definition) is 5. The molecule has 0 N–H and O–H groups in total. The highest BCUT2D eigenvalue weighted by atomic mass is 16.6. The summed E-state index contributed by atoms with van der Waals surface area (Å²) in [4.78, 5) is 4.13. The third-order valence-corrected chi connectivity index (χ3v) is 2.11. The first-order chi connectivity index (χ1) is 8.35. The van der Waals surface area contributed by atoms with Crippen molar-refractivity contribution < 1.29 is 18.6 Å². The highest BCUT2D eigenvalue weighted by Gasteiger charge is 2.17. The fourth-order valence-corrected chi connectivity index (χ4v) is 1.31. The minimum atomic E-state index is 0.239. The quantitative estimate of drug-likeness (QED) is 0.792. The molecule has 0 saturated carbocycles. The molecule has 89 valence electrons. The molecule has 2 rings (SSSR count). The summed E-state index contributed by atoms with van der Waals surface area (Å²) in [5, 5.41) is 0. The molecule has 5 nitrogen and oxygen atoms in total. The van der Waals surface area contributed by atoms with Crippen molar-refractivity contribution in [2.45, 2.75) is 6.61 Å². The zero-order valence-corrected chi connectivity index (χ0v) is 9.60. The molecule has 17 heavy (non-hydrogen) atoms. The van der Waals surface area contributed by atoms with Crippen LogP contribution in [-0.2, 0) is 6.61 Å². The van der Waals surface area contributed by atoms with Crippen molar-refractivity contribution >= 4 is 0 Å². The van der Waals surface area contributed by atoms with E-state index in [4.69, 9.17) is 18.6 Å². The Balaban J connectivity index is 2.06. The largest absolute Gasteiger partial charge is 0.487 e. The van der Waals surface area contributed by atoms with E-state index < -0.39 is 0 Å². The first-order valence-corrected chi connectivity index (χ1v) is 5.00. The van der Waals surface area contributed by atoms with Crippen LogP contribution in [0.15, 0.2) is 28.8 Å². The molecule has 0 bridgehead atoms. The van der Waals surface area contributed by atoms with Crippen LogP contribution in [-0.4, -0.2) is 19.2 Å². The van der Waals surface area contributed by atoms with Gasteiger partial charge in [-0.3, -0.25) is 4.98 Å². The molecule has 1 radical (unpaired) electrons. The number of rotatable bonds is 5. The van der Waals surface area contributed by atoms with Crippen molar-refractivity contribution in [2.24, 2.45) is 0 Å². The third-order valence-electron chi connectivity index (χ3n) is 2.11. The van der Waals surface area contributed by atoms with Gasteiger partial charge in [0.1, 0.15) is 6.61 Å². The van der Waals surface area contributed by atoms with Crippen LogP contribution < -0.4 is 14.2 Å². The predicted octanol–water partition coefficient (Wildman–Crippen LogP) is 2.07. The maximum Gasteiger partial charge on any atom is 0.333 e. The number of hydrogen-bond donors (Lipinski definition) is 0. The van der Waals surface area contributed by atoms with Crippen LogP contribution in [0.2, 0.25) is 0 Å². The molecule has 0 aromatic carbocycles. The van der Waals surface area contributed by atoms with Crippen molar-refractivity contribution in [1.29, 1.82) is 0 Å². The Labute approximate surface area is 98.9 Å². The van der Waals surface area contributed by atoms with Crippen LogP contribution in [0.25, 0.3) is 0 Å². The van der Waals surface area contributed by atoms with Crippen molar-refractivity contribution in [3.8, 4) is 17.4 Å². The molecule has 2 heterocycles. The van der Waals surface area contributed by atoms with Crippen LogP contribution in [0.4, 0.5) is 0 Å². The van der Waals surface area contributed by atoms with E-state index in [-0.39, 0.29) is 5.95 Å². The van der Waals surface area contributed by atoms with Gasteiger partial charge in [0.15, 0.2) is 0 Å². The Kier molecular flexibility index (Phi) is 3.49. The fraction of sp³-hybridized carbons (Fsp3) is 0.250. The van der Waals surface area contributed by atoms with E-state index in [1.54, 1.807) is 6.20 Å². The van der Waals surface area contributed by atoms with Gasteiger partial charge in [-0.05, 0) is 12.1 Å². The van der Waals surface area contributed by atoms with E-state index in [2.05, 4.69) is 11.2 Å². The van der Waals surface area contributed by atoms with Gasteiger partial charge < -0.3 is 18.6 Å². The minimum Gasteiger partial charge on any atom is -0.487 e. The normalized spacial score (nSPS) is 10.0. The van der Waals surface area contributed by atoms with Crippen LogP contribution in [0.3, 0.4) is 0 Å². The van der Waals surface area contributed by atoms with Gasteiger partial charge in [0.2, 0.25) is 17.8 Å². The molecule has 0 fully saturated rings. The zero-order valence-electron chi connectivity index (χ0n) is 9.60. The van der Waals surface area contributed by atoms with Gasteiger partial charge in [-0.15, -0.1) is 0 Å². The molecule has 0 aliphatic carbocycles. The van der Waals surface area contributed by atoms with Crippen molar-refractivity contribution in [2.75, 3.05) is 14.2 Å². The Bertz CT molecular complexity index is 467. The second kappa shape index (κ2) is 5.25. The van der Waals surface area contributed by atoms with E-state index in [0.717, 1.165) is 5.69 Å². The maximum absolute atomic E-state index is 5.48. The Morgan fingerprint density at radius 3 is 2.82 bits per heavy atom. The second-order valence-electron chi connectivity index (χ2n) is 3.17. The van der Waals surface area contributed by atoms with E-state index in [1.807, 2.05) is 18.2 Å². The lowest BCUT2D eigenvalue weighted by atomic mass is 10.4. The van der Waals surface area contributed by atoms with Crippen LogP contribution in [0.5, 0.6) is 17.4 Å². The Hall–Kier alpha value is -2.17. The van der Waals surface area contributed by atoms with Crippen LogP contribution >= 0.6 is 0 Å². The fourth-order valence-electron chi connectivity index (χ4n) is 1.31. The van der Waals surface area contributed by atoms with Gasteiger partial charge in [0.25, 0.3) is 0 Å². The first kappa shape index (κ1) is 11.3. The molecule has 5 heteroatoms. The summed E-state index contributed by atoms with van der Waals surface area (Å²) in [6.07, 6.45) is 4.28. The highest BCUT2D eigenvalue weighted by Crippen LogP contribution is 2.38. The standard InChI is InChI=1S/C12H12NO4/c1-14-11-10(8-17-12(11)15-2)16-7-9-5-3-4-6-13-9/h3-6H,7H2,1-2H3. The average molecular weight is 234 g/mol. The summed E-state index contributed by atoms with van der Waals surface area (Å²) in [6, 6.07) is 5.60. The van der Waals surface area contributed by atoms with E-state index in [1.165, 1.54) is 14.2 Å². The summed E-state index contributed by atoms with van der Waals surface area (Å²) in [5.41, 5.74) is 0.808. The molecular formula is C12H12NO4. The molecular weight excluding hydrogens is 222 g/mol. The number of aromatic nitrogens is 1. The summed E-state index contributed by atoms with van der Waals surface area (Å²) in [6.45, 7) is 0.316. The summed E-state index contributed by atoms with van der Waals surface area (Å²) in [7, 11) is 2.99. The van der Waals surface area contributed by atoms with Gasteiger partial charge >= 0.3 is 5.95 Å². The van der Waals surface area contributed by atoms with Gasteiger partial charge in [-0.2, -0.15) is 0 Å². The van der Waals surface area contributed by atoms with Gasteiger partial charge in [0, 0.05) is 6.20 Å². The van der Waals surface area contributed by atoms with Gasteiger partial charge in [0.05, 0.1) is 19.9 Å². The molecule has 2 aromatic rings. The molecule has 0 amide bonds. The second-order valence-corrected chi connectivity index (χ2v) is 3.17. The predicted molar refractivity (Wildman–Crippen MR) is 59.2 cm³/mol. The van der Waals surface area contributed by atoms with Gasteiger partial charge in [-0.25, -0.2) is 0 Å². The highest BCUT2D eigenvalue weighted by molar-refractivity contribution is 5.44. The first-order valence-electron chi connectivity index (χ1n) is 5.00. The lowest BCUT2D eigenvalue weighted by Crippen LogP contribution is -1.98. The van der Waals surface area contributed by atoms with Crippen molar-refractivity contribution in [3.63, 3.8) is 0 Å². The molecule has 0 spiro atoms. The van der Waals surface area contributed by atoms with E-state index in [9.17, 15) is 0 Å². The Morgan fingerprint density at radius 1 is 1.29 bits per heavy atom. The molecule has 2 aromatic heterocycles.